The van der Waals surface area contributed by atoms with Crippen molar-refractivity contribution in [1.82, 2.24) is 0 Å². The van der Waals surface area contributed by atoms with Gasteiger partial charge in [-0.3, -0.25) is 0 Å². The fraction of sp³-hybridized carbons (Fsp3) is 0.438. The first-order valence-corrected chi connectivity index (χ1v) is 9.11. The van der Waals surface area contributed by atoms with Crippen molar-refractivity contribution in [3.63, 3.8) is 0 Å². The van der Waals surface area contributed by atoms with Gasteiger partial charge in [0.25, 0.3) is 0 Å². The Morgan fingerprint density at radius 2 is 2.19 bits per heavy atom. The van der Waals surface area contributed by atoms with E-state index in [1.165, 1.54) is 5.56 Å². The minimum Gasteiger partial charge on any atom is -0.234 e. The molecule has 0 spiro atoms. The summed E-state index contributed by atoms with van der Waals surface area (Å²) < 4.78 is 17.4. The summed E-state index contributed by atoms with van der Waals surface area (Å²) in [6, 6.07) is 3.96. The van der Waals surface area contributed by atoms with Gasteiger partial charge in [0.1, 0.15) is 11.0 Å². The summed E-state index contributed by atoms with van der Waals surface area (Å²) in [5.74, 6) is 0.231. The van der Waals surface area contributed by atoms with Crippen LogP contribution in [0.5, 0.6) is 0 Å². The molecule has 0 saturated heterocycles. The highest BCUT2D eigenvalue weighted by Crippen LogP contribution is 2.36. The molecule has 0 heterocycles. The SMILES string of the molecule is C=CC[C@H]1Cc2cc(Cl)c(Br)cc2/C1=N/S(=O)C(C)(C)C. The summed E-state index contributed by atoms with van der Waals surface area (Å²) in [7, 11) is -1.27. The number of hydrogen-bond acceptors (Lipinski definition) is 1. The summed E-state index contributed by atoms with van der Waals surface area (Å²) in [4.78, 5) is 0. The van der Waals surface area contributed by atoms with E-state index >= 15 is 0 Å². The average Bonchev–Trinajstić information content (AvgIpc) is 2.67. The quantitative estimate of drug-likeness (QED) is 0.662. The van der Waals surface area contributed by atoms with Gasteiger partial charge in [-0.2, -0.15) is 4.40 Å². The molecule has 0 saturated carbocycles. The number of allylic oxidation sites excluding steroid dienone is 1. The van der Waals surface area contributed by atoms with Crippen LogP contribution < -0.4 is 0 Å². The van der Waals surface area contributed by atoms with Gasteiger partial charge in [0.2, 0.25) is 0 Å². The van der Waals surface area contributed by atoms with Crippen molar-refractivity contribution in [2.75, 3.05) is 0 Å². The second kappa shape index (κ2) is 6.35. The maximum absolute atomic E-state index is 12.4. The van der Waals surface area contributed by atoms with Crippen LogP contribution >= 0.6 is 27.5 Å². The van der Waals surface area contributed by atoms with Gasteiger partial charge in [0.05, 0.1) is 15.5 Å². The number of nitrogens with zero attached hydrogens (tertiary/aromatic N) is 1. The monoisotopic (exact) mass is 387 g/mol. The van der Waals surface area contributed by atoms with Crippen LogP contribution in [0.15, 0.2) is 33.7 Å². The van der Waals surface area contributed by atoms with Crippen LogP contribution in [0.3, 0.4) is 0 Å². The van der Waals surface area contributed by atoms with Crippen molar-refractivity contribution in [2.24, 2.45) is 10.3 Å². The zero-order valence-corrected chi connectivity index (χ0v) is 15.6. The number of rotatable bonds is 3. The van der Waals surface area contributed by atoms with Crippen molar-refractivity contribution in [1.29, 1.82) is 0 Å². The molecule has 2 nitrogen and oxygen atoms in total. The molecule has 1 aromatic carbocycles. The molecule has 0 amide bonds. The molecule has 21 heavy (non-hydrogen) atoms. The first-order chi connectivity index (χ1) is 9.74. The van der Waals surface area contributed by atoms with E-state index in [-0.39, 0.29) is 10.7 Å². The fourth-order valence-corrected chi connectivity index (χ4v) is 3.55. The van der Waals surface area contributed by atoms with E-state index in [1.807, 2.05) is 39.0 Å². The molecule has 0 bridgehead atoms. The van der Waals surface area contributed by atoms with Gasteiger partial charge in [-0.1, -0.05) is 17.7 Å². The minimum absolute atomic E-state index is 0.231. The smallest absolute Gasteiger partial charge is 0.145 e. The number of benzene rings is 1. The lowest BCUT2D eigenvalue weighted by Crippen LogP contribution is -2.22. The molecule has 2 rings (SSSR count). The topological polar surface area (TPSA) is 29.4 Å². The van der Waals surface area contributed by atoms with Crippen molar-refractivity contribution in [3.05, 3.63) is 45.4 Å². The Balaban J connectivity index is 2.51. The Kier molecular flexibility index (Phi) is 5.11. The predicted molar refractivity (Wildman–Crippen MR) is 95.6 cm³/mol. The molecule has 1 aliphatic rings. The van der Waals surface area contributed by atoms with E-state index < -0.39 is 11.0 Å². The second-order valence-corrected chi connectivity index (χ2v) is 9.35. The van der Waals surface area contributed by atoms with Crippen LogP contribution in [-0.2, 0) is 17.4 Å². The second-order valence-electron chi connectivity index (χ2n) is 6.19. The third-order valence-corrected chi connectivity index (χ3v) is 6.04. The molecule has 0 fully saturated rings. The Hall–Kier alpha value is -0.450. The average molecular weight is 389 g/mol. The fourth-order valence-electron chi connectivity index (χ4n) is 2.32. The van der Waals surface area contributed by atoms with Crippen LogP contribution in [0, 0.1) is 5.92 Å². The standard InChI is InChI=1S/C16H19BrClNOS/c1-5-6-10-7-11-8-14(18)13(17)9-12(11)15(10)19-21(20)16(2,3)4/h5,8-10H,1,6-7H2,2-4H3/b19-15+/t10-,21?/m0/s1. The van der Waals surface area contributed by atoms with Gasteiger partial charge in [0, 0.05) is 16.0 Å². The first kappa shape index (κ1) is 16.9. The van der Waals surface area contributed by atoms with Crippen molar-refractivity contribution in [2.45, 2.75) is 38.4 Å². The minimum atomic E-state index is -1.27. The van der Waals surface area contributed by atoms with Gasteiger partial charge in [-0.15, -0.1) is 6.58 Å². The number of fused-ring (bicyclic) bond motifs is 1. The molecular formula is C16H19BrClNOS. The molecule has 1 unspecified atom stereocenters. The van der Waals surface area contributed by atoms with Crippen molar-refractivity contribution in [3.8, 4) is 0 Å². The van der Waals surface area contributed by atoms with E-state index in [0.717, 1.165) is 28.6 Å². The van der Waals surface area contributed by atoms with Crippen LogP contribution in [0.1, 0.15) is 38.3 Å². The zero-order valence-electron chi connectivity index (χ0n) is 12.5. The summed E-state index contributed by atoms with van der Waals surface area (Å²) >= 11 is 9.63. The Morgan fingerprint density at radius 1 is 1.52 bits per heavy atom. The van der Waals surface area contributed by atoms with Crippen LogP contribution in [0.2, 0.25) is 5.02 Å². The highest BCUT2D eigenvalue weighted by atomic mass is 79.9. The highest BCUT2D eigenvalue weighted by Gasteiger charge is 2.31. The normalized spacial score (nSPS) is 21.4. The molecule has 1 aliphatic carbocycles. The van der Waals surface area contributed by atoms with Gasteiger partial charge >= 0.3 is 0 Å². The Bertz CT molecular complexity index is 634. The lowest BCUT2D eigenvalue weighted by molar-refractivity contribution is 0.649. The first-order valence-electron chi connectivity index (χ1n) is 6.83. The van der Waals surface area contributed by atoms with Crippen LogP contribution in [0.4, 0.5) is 0 Å². The summed E-state index contributed by atoms with van der Waals surface area (Å²) in [5.41, 5.74) is 3.13. The Labute approximate surface area is 142 Å². The Morgan fingerprint density at radius 3 is 2.76 bits per heavy atom. The van der Waals surface area contributed by atoms with E-state index in [4.69, 9.17) is 11.6 Å². The molecule has 0 radical (unpaired) electrons. The van der Waals surface area contributed by atoms with E-state index in [1.54, 1.807) is 0 Å². The van der Waals surface area contributed by atoms with Gasteiger partial charge in [0.15, 0.2) is 0 Å². The third-order valence-electron chi connectivity index (χ3n) is 3.43. The molecular weight excluding hydrogens is 370 g/mol. The van der Waals surface area contributed by atoms with Gasteiger partial charge < -0.3 is 0 Å². The zero-order chi connectivity index (χ0) is 15.8. The van der Waals surface area contributed by atoms with E-state index in [9.17, 15) is 4.21 Å². The summed E-state index contributed by atoms with van der Waals surface area (Å²) in [5, 5.41) is 0.698. The lowest BCUT2D eigenvalue weighted by atomic mass is 10.0. The summed E-state index contributed by atoms with van der Waals surface area (Å²) in [6.07, 6.45) is 3.58. The van der Waals surface area contributed by atoms with Crippen molar-refractivity contribution >= 4 is 44.2 Å². The summed E-state index contributed by atoms with van der Waals surface area (Å²) in [6.45, 7) is 9.62. The molecule has 0 N–H and O–H groups in total. The molecule has 0 aliphatic heterocycles. The molecule has 5 heteroatoms. The predicted octanol–water partition coefficient (Wildman–Crippen LogP) is 5.10. The van der Waals surface area contributed by atoms with E-state index in [0.29, 0.717) is 5.02 Å². The molecule has 114 valence electrons. The molecule has 2 atom stereocenters. The number of hydrogen-bond donors (Lipinski definition) is 0. The third kappa shape index (κ3) is 3.66. The van der Waals surface area contributed by atoms with Crippen molar-refractivity contribution < 1.29 is 4.21 Å². The largest absolute Gasteiger partial charge is 0.234 e. The highest BCUT2D eigenvalue weighted by molar-refractivity contribution is 9.10. The maximum Gasteiger partial charge on any atom is 0.145 e. The number of halogens is 2. The molecule has 1 aromatic rings. The van der Waals surface area contributed by atoms with Gasteiger partial charge in [-0.05, 0) is 67.2 Å². The molecule has 0 aromatic heterocycles. The van der Waals surface area contributed by atoms with E-state index in [2.05, 4.69) is 26.9 Å². The lowest BCUT2D eigenvalue weighted by Gasteiger charge is -2.16. The maximum atomic E-state index is 12.4. The van der Waals surface area contributed by atoms with Crippen LogP contribution in [0.25, 0.3) is 0 Å². The van der Waals surface area contributed by atoms with Gasteiger partial charge in [-0.25, -0.2) is 4.21 Å². The van der Waals surface area contributed by atoms with Crippen LogP contribution in [-0.4, -0.2) is 14.7 Å².